The number of carbonyl (C=O) groups excluding carboxylic acids is 1. The Labute approximate surface area is 186 Å². The van der Waals surface area contributed by atoms with Crippen LogP contribution < -0.4 is 14.5 Å². The average Bonchev–Trinajstić information content (AvgIpc) is 3.18. The van der Waals surface area contributed by atoms with Crippen LogP contribution in [0.1, 0.15) is 10.5 Å². The second-order valence-corrected chi connectivity index (χ2v) is 10.0. The average molecular weight is 456 g/mol. The van der Waals surface area contributed by atoms with Crippen molar-refractivity contribution in [2.75, 3.05) is 63.2 Å². The predicted molar refractivity (Wildman–Crippen MR) is 123 cm³/mol. The van der Waals surface area contributed by atoms with Crippen molar-refractivity contribution in [2.24, 2.45) is 0 Å². The standard InChI is InChI=1S/C22H25N5O4S/c1-24-7-9-26(10-8-24)16-3-5-18-19(15-28)23-27(21(18)13-16)32(29,30)17-4-6-20-22(14-17)31-12-11-25(20)2/h3-6,13-15H,7-12H2,1-2H3. The van der Waals surface area contributed by atoms with Crippen LogP contribution in [-0.2, 0) is 10.0 Å². The van der Waals surface area contributed by atoms with Crippen LogP contribution in [-0.4, -0.2) is 82.2 Å². The van der Waals surface area contributed by atoms with Gasteiger partial charge in [-0.2, -0.15) is 17.6 Å². The van der Waals surface area contributed by atoms with E-state index in [1.807, 2.05) is 18.0 Å². The number of rotatable bonds is 4. The van der Waals surface area contributed by atoms with E-state index < -0.39 is 10.0 Å². The SMILES string of the molecule is CN1CCN(c2ccc3c(C=O)nn(S(=O)(=O)c4ccc5c(c4)OCCN5C)c3c2)CC1. The monoisotopic (exact) mass is 455 g/mol. The summed E-state index contributed by atoms with van der Waals surface area (Å²) in [5.41, 5.74) is 2.24. The molecule has 5 rings (SSSR count). The molecule has 2 aliphatic rings. The molecule has 0 aliphatic carbocycles. The molecule has 0 amide bonds. The Bertz CT molecular complexity index is 1300. The van der Waals surface area contributed by atoms with Crippen LogP contribution in [0.5, 0.6) is 5.75 Å². The number of hydrogen-bond donors (Lipinski definition) is 0. The molecule has 32 heavy (non-hydrogen) atoms. The Morgan fingerprint density at radius 2 is 1.78 bits per heavy atom. The molecule has 1 aromatic heterocycles. The van der Waals surface area contributed by atoms with Gasteiger partial charge in [-0.25, -0.2) is 0 Å². The Hall–Kier alpha value is -3.11. The fourth-order valence-electron chi connectivity index (χ4n) is 4.23. The summed E-state index contributed by atoms with van der Waals surface area (Å²) in [6, 6.07) is 10.3. The van der Waals surface area contributed by atoms with Gasteiger partial charge < -0.3 is 19.4 Å². The highest BCUT2D eigenvalue weighted by Crippen LogP contribution is 2.34. The highest BCUT2D eigenvalue weighted by atomic mass is 32.2. The zero-order valence-corrected chi connectivity index (χ0v) is 18.9. The first-order valence-corrected chi connectivity index (χ1v) is 12.0. The molecule has 10 heteroatoms. The smallest absolute Gasteiger partial charge is 0.283 e. The number of hydrogen-bond acceptors (Lipinski definition) is 8. The topological polar surface area (TPSA) is 88.0 Å². The predicted octanol–water partition coefficient (Wildman–Crippen LogP) is 1.67. The van der Waals surface area contributed by atoms with Crippen molar-refractivity contribution in [3.8, 4) is 5.75 Å². The normalized spacial score (nSPS) is 17.3. The van der Waals surface area contributed by atoms with Crippen molar-refractivity contribution >= 4 is 38.6 Å². The molecule has 168 valence electrons. The lowest BCUT2D eigenvalue weighted by atomic mass is 10.1. The first kappa shape index (κ1) is 20.8. The van der Waals surface area contributed by atoms with Gasteiger partial charge in [0.1, 0.15) is 18.1 Å². The summed E-state index contributed by atoms with van der Waals surface area (Å²) in [6.07, 6.45) is 0.592. The zero-order valence-electron chi connectivity index (χ0n) is 18.1. The Morgan fingerprint density at radius 1 is 1.00 bits per heavy atom. The van der Waals surface area contributed by atoms with Crippen molar-refractivity contribution in [3.05, 3.63) is 42.1 Å². The summed E-state index contributed by atoms with van der Waals surface area (Å²) in [7, 11) is -0.0214. The Kier molecular flexibility index (Phi) is 5.06. The number of carbonyl (C=O) groups is 1. The van der Waals surface area contributed by atoms with E-state index in [0.717, 1.165) is 48.2 Å². The third-order valence-corrected chi connectivity index (χ3v) is 7.78. The van der Waals surface area contributed by atoms with Crippen molar-refractivity contribution in [1.82, 2.24) is 14.1 Å². The summed E-state index contributed by atoms with van der Waals surface area (Å²) in [5, 5.41) is 4.67. The first-order valence-electron chi connectivity index (χ1n) is 10.5. The quantitative estimate of drug-likeness (QED) is 0.549. The molecule has 2 aromatic carbocycles. The lowest BCUT2D eigenvalue weighted by Gasteiger charge is -2.34. The molecule has 1 saturated heterocycles. The van der Waals surface area contributed by atoms with Crippen molar-refractivity contribution in [2.45, 2.75) is 4.90 Å². The molecule has 0 N–H and O–H groups in total. The van der Waals surface area contributed by atoms with E-state index in [9.17, 15) is 13.2 Å². The van der Waals surface area contributed by atoms with E-state index in [4.69, 9.17) is 4.74 Å². The lowest BCUT2D eigenvalue weighted by Crippen LogP contribution is -2.44. The fourth-order valence-corrected chi connectivity index (χ4v) is 5.53. The van der Waals surface area contributed by atoms with E-state index in [0.29, 0.717) is 29.5 Å². The molecule has 9 nitrogen and oxygen atoms in total. The van der Waals surface area contributed by atoms with Gasteiger partial charge >= 0.3 is 0 Å². The molecule has 3 aromatic rings. The molecule has 0 bridgehead atoms. The minimum atomic E-state index is -4.04. The van der Waals surface area contributed by atoms with Gasteiger partial charge in [-0.1, -0.05) is 0 Å². The lowest BCUT2D eigenvalue weighted by molar-refractivity contribution is 0.112. The van der Waals surface area contributed by atoms with E-state index in [1.165, 1.54) is 6.07 Å². The van der Waals surface area contributed by atoms with Crippen LogP contribution in [0.15, 0.2) is 41.3 Å². The third kappa shape index (κ3) is 3.39. The summed E-state index contributed by atoms with van der Waals surface area (Å²) in [5.74, 6) is 0.519. The molecular formula is C22H25N5O4S. The number of likely N-dealkylation sites (N-methyl/N-ethyl adjacent to an activating group) is 2. The minimum absolute atomic E-state index is 0.0680. The molecule has 0 spiro atoms. The molecule has 1 fully saturated rings. The molecule has 2 aliphatic heterocycles. The largest absolute Gasteiger partial charge is 0.490 e. The minimum Gasteiger partial charge on any atom is -0.490 e. The summed E-state index contributed by atoms with van der Waals surface area (Å²) < 4.78 is 33.8. The van der Waals surface area contributed by atoms with Crippen molar-refractivity contribution < 1.29 is 17.9 Å². The Balaban J connectivity index is 1.61. The van der Waals surface area contributed by atoms with E-state index in [1.54, 1.807) is 24.3 Å². The maximum absolute atomic E-state index is 13.6. The van der Waals surface area contributed by atoms with Crippen LogP contribution in [0.3, 0.4) is 0 Å². The van der Waals surface area contributed by atoms with Gasteiger partial charge in [-0.3, -0.25) is 4.79 Å². The molecular weight excluding hydrogens is 430 g/mol. The molecule has 3 heterocycles. The van der Waals surface area contributed by atoms with Crippen LogP contribution in [0.25, 0.3) is 10.9 Å². The van der Waals surface area contributed by atoms with Crippen LogP contribution in [0, 0.1) is 0 Å². The maximum Gasteiger partial charge on any atom is 0.283 e. The van der Waals surface area contributed by atoms with Gasteiger partial charge in [-0.05, 0) is 37.4 Å². The molecule has 0 radical (unpaired) electrons. The number of aldehydes is 1. The highest BCUT2D eigenvalue weighted by molar-refractivity contribution is 7.90. The summed E-state index contributed by atoms with van der Waals surface area (Å²) in [4.78, 5) is 18.2. The fraction of sp³-hybridized carbons (Fsp3) is 0.364. The molecule has 0 unspecified atom stereocenters. The highest BCUT2D eigenvalue weighted by Gasteiger charge is 2.26. The van der Waals surface area contributed by atoms with Gasteiger partial charge in [0.05, 0.1) is 22.6 Å². The van der Waals surface area contributed by atoms with Crippen LogP contribution in [0.2, 0.25) is 0 Å². The molecule has 0 atom stereocenters. The summed E-state index contributed by atoms with van der Waals surface area (Å²) in [6.45, 7) is 4.78. The van der Waals surface area contributed by atoms with Gasteiger partial charge in [0, 0.05) is 50.4 Å². The third-order valence-electron chi connectivity index (χ3n) is 6.19. The van der Waals surface area contributed by atoms with Gasteiger partial charge in [0.2, 0.25) is 0 Å². The number of anilines is 2. The van der Waals surface area contributed by atoms with Crippen LogP contribution in [0.4, 0.5) is 11.4 Å². The number of benzene rings is 2. The van der Waals surface area contributed by atoms with Crippen molar-refractivity contribution in [3.63, 3.8) is 0 Å². The van der Waals surface area contributed by atoms with Crippen LogP contribution >= 0.6 is 0 Å². The summed E-state index contributed by atoms with van der Waals surface area (Å²) >= 11 is 0. The van der Waals surface area contributed by atoms with E-state index >= 15 is 0 Å². The number of nitrogens with zero attached hydrogens (tertiary/aromatic N) is 5. The van der Waals surface area contributed by atoms with Gasteiger partial charge in [0.15, 0.2) is 6.29 Å². The maximum atomic E-state index is 13.6. The number of aromatic nitrogens is 2. The number of piperazine rings is 1. The van der Waals surface area contributed by atoms with Gasteiger partial charge in [-0.15, -0.1) is 0 Å². The number of ether oxygens (including phenoxy) is 1. The number of fused-ring (bicyclic) bond motifs is 2. The van der Waals surface area contributed by atoms with E-state index in [-0.39, 0.29) is 10.6 Å². The second kappa shape index (κ2) is 7.79. The first-order chi connectivity index (χ1) is 15.4. The Morgan fingerprint density at radius 3 is 2.53 bits per heavy atom. The van der Waals surface area contributed by atoms with Gasteiger partial charge in [0.25, 0.3) is 10.0 Å². The van der Waals surface area contributed by atoms with Crippen molar-refractivity contribution in [1.29, 1.82) is 0 Å². The van der Waals surface area contributed by atoms with E-state index in [2.05, 4.69) is 21.9 Å². The second-order valence-electron chi connectivity index (χ2n) is 8.24. The molecule has 0 saturated carbocycles. The zero-order chi connectivity index (χ0) is 22.5.